The van der Waals surface area contributed by atoms with Crippen molar-refractivity contribution in [3.05, 3.63) is 65.7 Å². The van der Waals surface area contributed by atoms with E-state index in [-0.39, 0.29) is 30.7 Å². The van der Waals surface area contributed by atoms with Crippen LogP contribution in [0.5, 0.6) is 5.75 Å². The van der Waals surface area contributed by atoms with E-state index in [9.17, 15) is 4.79 Å². The van der Waals surface area contributed by atoms with Crippen LogP contribution < -0.4 is 15.8 Å². The summed E-state index contributed by atoms with van der Waals surface area (Å²) in [5.41, 5.74) is 7.43. The summed E-state index contributed by atoms with van der Waals surface area (Å²) in [5, 5.41) is 3.07. The lowest BCUT2D eigenvalue weighted by molar-refractivity contribution is -0.126. The second-order valence-electron chi connectivity index (χ2n) is 7.85. The lowest BCUT2D eigenvalue weighted by Gasteiger charge is -2.33. The minimum atomic E-state index is -1.00. The summed E-state index contributed by atoms with van der Waals surface area (Å²) in [6, 6.07) is 17.8. The summed E-state index contributed by atoms with van der Waals surface area (Å²) >= 11 is 0. The highest BCUT2D eigenvalue weighted by Gasteiger charge is 2.31. The van der Waals surface area contributed by atoms with Gasteiger partial charge >= 0.3 is 0 Å². The highest BCUT2D eigenvalue weighted by molar-refractivity contribution is 5.87. The summed E-state index contributed by atoms with van der Waals surface area (Å²) < 4.78 is 5.21. The first-order valence-electron chi connectivity index (χ1n) is 9.97. The van der Waals surface area contributed by atoms with Crippen molar-refractivity contribution in [1.29, 1.82) is 0 Å². The normalized spacial score (nSPS) is 16.5. The SMILES string of the molecule is COc1ccc(CN2CCC(CNC(=O)C(C)(N)c3ccccc3)CC2)cc1.Cl.Cl. The zero-order valence-electron chi connectivity index (χ0n) is 17.7. The van der Waals surface area contributed by atoms with Gasteiger partial charge in [0, 0.05) is 13.1 Å². The number of carbonyl (C=O) groups excluding carboxylic acids is 1. The molecular weight excluding hydrogens is 421 g/mol. The first-order chi connectivity index (χ1) is 13.5. The van der Waals surface area contributed by atoms with Crippen LogP contribution in [-0.4, -0.2) is 37.6 Å². The molecule has 0 saturated carbocycles. The Morgan fingerprint density at radius 2 is 1.70 bits per heavy atom. The molecule has 0 radical (unpaired) electrons. The van der Waals surface area contributed by atoms with Crippen LogP contribution in [0.4, 0.5) is 0 Å². The molecule has 1 aliphatic heterocycles. The summed E-state index contributed by atoms with van der Waals surface area (Å²) in [5.74, 6) is 1.28. The van der Waals surface area contributed by atoms with Gasteiger partial charge in [-0.15, -0.1) is 24.8 Å². The minimum absolute atomic E-state index is 0. The Morgan fingerprint density at radius 3 is 2.27 bits per heavy atom. The summed E-state index contributed by atoms with van der Waals surface area (Å²) in [6.45, 7) is 5.51. The Morgan fingerprint density at radius 1 is 1.10 bits per heavy atom. The molecule has 1 amide bonds. The second kappa shape index (κ2) is 12.2. The average Bonchev–Trinajstić information content (AvgIpc) is 2.74. The Balaban J connectivity index is 0.00000225. The summed E-state index contributed by atoms with van der Waals surface area (Å²) in [6.07, 6.45) is 2.17. The van der Waals surface area contributed by atoms with E-state index < -0.39 is 5.54 Å². The Hall–Kier alpha value is -1.79. The number of likely N-dealkylation sites (tertiary alicyclic amines) is 1. The third-order valence-corrected chi connectivity index (χ3v) is 5.67. The molecule has 3 rings (SSSR count). The molecule has 1 unspecified atom stereocenters. The van der Waals surface area contributed by atoms with E-state index in [1.165, 1.54) is 5.56 Å². The van der Waals surface area contributed by atoms with Gasteiger partial charge in [-0.3, -0.25) is 9.69 Å². The van der Waals surface area contributed by atoms with E-state index in [0.29, 0.717) is 12.5 Å². The smallest absolute Gasteiger partial charge is 0.244 e. The highest BCUT2D eigenvalue weighted by Crippen LogP contribution is 2.21. The largest absolute Gasteiger partial charge is 0.497 e. The van der Waals surface area contributed by atoms with Gasteiger partial charge in [0.2, 0.25) is 5.91 Å². The van der Waals surface area contributed by atoms with Crippen LogP contribution in [0.15, 0.2) is 54.6 Å². The molecule has 0 aromatic heterocycles. The molecule has 3 N–H and O–H groups in total. The van der Waals surface area contributed by atoms with E-state index in [0.717, 1.165) is 43.8 Å². The van der Waals surface area contributed by atoms with Gasteiger partial charge in [0.15, 0.2) is 0 Å². The Kier molecular flexibility index (Phi) is 10.6. The molecular formula is C23H33Cl2N3O2. The summed E-state index contributed by atoms with van der Waals surface area (Å²) in [7, 11) is 1.69. The third kappa shape index (κ3) is 6.88. The number of rotatable bonds is 7. The number of hydrogen-bond acceptors (Lipinski definition) is 4. The number of nitrogens with zero attached hydrogens (tertiary/aromatic N) is 1. The molecule has 2 aromatic carbocycles. The molecule has 0 aliphatic carbocycles. The van der Waals surface area contributed by atoms with Crippen molar-refractivity contribution in [1.82, 2.24) is 10.2 Å². The van der Waals surface area contributed by atoms with Crippen LogP contribution in [0, 0.1) is 5.92 Å². The number of nitrogens with one attached hydrogen (secondary N) is 1. The van der Waals surface area contributed by atoms with Crippen molar-refractivity contribution in [3.63, 3.8) is 0 Å². The molecule has 1 atom stereocenters. The van der Waals surface area contributed by atoms with Crippen molar-refractivity contribution in [2.45, 2.75) is 31.8 Å². The number of nitrogens with two attached hydrogens (primary N) is 1. The van der Waals surface area contributed by atoms with Gasteiger partial charge < -0.3 is 15.8 Å². The van der Waals surface area contributed by atoms with Gasteiger partial charge in [0.1, 0.15) is 11.3 Å². The average molecular weight is 454 g/mol. The number of methoxy groups -OCH3 is 1. The first kappa shape index (κ1) is 26.2. The van der Waals surface area contributed by atoms with E-state index >= 15 is 0 Å². The van der Waals surface area contributed by atoms with Crippen LogP contribution in [0.25, 0.3) is 0 Å². The molecule has 1 heterocycles. The Bertz CT molecular complexity index is 762. The number of benzene rings is 2. The van der Waals surface area contributed by atoms with Crippen LogP contribution in [0.1, 0.15) is 30.9 Å². The molecule has 1 aliphatic rings. The fourth-order valence-corrected chi connectivity index (χ4v) is 3.67. The fraction of sp³-hybridized carbons (Fsp3) is 0.435. The third-order valence-electron chi connectivity index (χ3n) is 5.67. The molecule has 1 saturated heterocycles. The van der Waals surface area contributed by atoms with Gasteiger partial charge in [0.25, 0.3) is 0 Å². The maximum atomic E-state index is 12.6. The van der Waals surface area contributed by atoms with Crippen LogP contribution in [0.3, 0.4) is 0 Å². The predicted molar refractivity (Wildman–Crippen MR) is 126 cm³/mol. The maximum absolute atomic E-state index is 12.6. The van der Waals surface area contributed by atoms with Gasteiger partial charge in [-0.25, -0.2) is 0 Å². The highest BCUT2D eigenvalue weighted by atomic mass is 35.5. The van der Waals surface area contributed by atoms with Crippen LogP contribution in [-0.2, 0) is 16.9 Å². The lowest BCUT2D eigenvalue weighted by atomic mass is 9.91. The van der Waals surface area contributed by atoms with Crippen molar-refractivity contribution in [2.24, 2.45) is 11.7 Å². The maximum Gasteiger partial charge on any atom is 0.244 e. The van der Waals surface area contributed by atoms with E-state index in [2.05, 4.69) is 22.3 Å². The van der Waals surface area contributed by atoms with Gasteiger partial charge in [0.05, 0.1) is 7.11 Å². The quantitative estimate of drug-likeness (QED) is 0.669. The standard InChI is InChI=1S/C23H31N3O2.2ClH/c1-23(24,20-6-4-3-5-7-20)22(27)25-16-18-12-14-26(15-13-18)17-19-8-10-21(28-2)11-9-19;;/h3-11,18H,12-17,24H2,1-2H3,(H,25,27);2*1H. The lowest BCUT2D eigenvalue weighted by Crippen LogP contribution is -2.50. The van der Waals surface area contributed by atoms with Crippen molar-refractivity contribution >= 4 is 30.7 Å². The molecule has 7 heteroatoms. The van der Waals surface area contributed by atoms with Gasteiger partial charge in [-0.1, -0.05) is 42.5 Å². The first-order valence-corrected chi connectivity index (χ1v) is 9.97. The number of amides is 1. The number of piperidine rings is 1. The number of halogens is 2. The summed E-state index contributed by atoms with van der Waals surface area (Å²) in [4.78, 5) is 15.1. The van der Waals surface area contributed by atoms with E-state index in [1.807, 2.05) is 42.5 Å². The van der Waals surface area contributed by atoms with Crippen molar-refractivity contribution in [3.8, 4) is 5.75 Å². The van der Waals surface area contributed by atoms with Gasteiger partial charge in [-0.2, -0.15) is 0 Å². The zero-order chi connectivity index (χ0) is 20.0. The van der Waals surface area contributed by atoms with Crippen LogP contribution in [0.2, 0.25) is 0 Å². The van der Waals surface area contributed by atoms with Crippen LogP contribution >= 0.6 is 24.8 Å². The molecule has 2 aromatic rings. The molecule has 30 heavy (non-hydrogen) atoms. The molecule has 0 bridgehead atoms. The van der Waals surface area contributed by atoms with E-state index in [4.69, 9.17) is 10.5 Å². The fourth-order valence-electron chi connectivity index (χ4n) is 3.67. The van der Waals surface area contributed by atoms with Crippen molar-refractivity contribution < 1.29 is 9.53 Å². The van der Waals surface area contributed by atoms with Gasteiger partial charge in [-0.05, 0) is 62.0 Å². The second-order valence-corrected chi connectivity index (χ2v) is 7.85. The van der Waals surface area contributed by atoms with Crippen molar-refractivity contribution in [2.75, 3.05) is 26.7 Å². The zero-order valence-corrected chi connectivity index (χ0v) is 19.3. The molecule has 166 valence electrons. The molecule has 5 nitrogen and oxygen atoms in total. The monoisotopic (exact) mass is 453 g/mol. The topological polar surface area (TPSA) is 67.6 Å². The minimum Gasteiger partial charge on any atom is -0.497 e. The molecule has 1 fully saturated rings. The predicted octanol–water partition coefficient (Wildman–Crippen LogP) is 3.74. The number of carbonyl (C=O) groups is 1. The molecule has 0 spiro atoms. The van der Waals surface area contributed by atoms with E-state index in [1.54, 1.807) is 14.0 Å². The number of ether oxygens (including phenoxy) is 1. The Labute approximate surface area is 192 Å². The number of hydrogen-bond donors (Lipinski definition) is 2.